The van der Waals surface area contributed by atoms with Crippen molar-refractivity contribution in [2.45, 2.75) is 19.9 Å². The lowest BCUT2D eigenvalue weighted by Gasteiger charge is -2.11. The van der Waals surface area contributed by atoms with Gasteiger partial charge in [0, 0.05) is 5.56 Å². The molecule has 0 aromatic heterocycles. The highest BCUT2D eigenvalue weighted by Gasteiger charge is 2.23. The van der Waals surface area contributed by atoms with E-state index in [-0.39, 0.29) is 5.78 Å². The van der Waals surface area contributed by atoms with E-state index in [0.29, 0.717) is 16.9 Å². The predicted octanol–water partition coefficient (Wildman–Crippen LogP) is 4.00. The Balaban J connectivity index is 2.36. The van der Waals surface area contributed by atoms with Crippen LogP contribution in [0.3, 0.4) is 0 Å². The van der Waals surface area contributed by atoms with Gasteiger partial charge in [-0.3, -0.25) is 4.79 Å². The molecule has 1 unspecified atom stereocenters. The summed E-state index contributed by atoms with van der Waals surface area (Å²) in [5.41, 5.74) is 3.01. The molecule has 21 heavy (non-hydrogen) atoms. The van der Waals surface area contributed by atoms with Gasteiger partial charge in [0.25, 0.3) is 0 Å². The van der Waals surface area contributed by atoms with Crippen LogP contribution in [0.1, 0.15) is 33.1 Å². The van der Waals surface area contributed by atoms with Gasteiger partial charge in [-0.25, -0.2) is 0 Å². The van der Waals surface area contributed by atoms with E-state index in [1.54, 1.807) is 37.4 Å². The third-order valence-corrected chi connectivity index (χ3v) is 3.44. The van der Waals surface area contributed by atoms with Gasteiger partial charge in [-0.2, -0.15) is 0 Å². The van der Waals surface area contributed by atoms with Crippen molar-refractivity contribution in [3.05, 3.63) is 69.6 Å². The number of aryl methyl sites for hydroxylation is 2. The Morgan fingerprint density at radius 2 is 1.76 bits per heavy atom. The van der Waals surface area contributed by atoms with Crippen molar-refractivity contribution in [2.24, 2.45) is 5.18 Å². The molecule has 0 bridgehead atoms. The maximum Gasteiger partial charge on any atom is 0.195 e. The number of methoxy groups -OCH3 is 1. The monoisotopic (exact) mass is 283 g/mol. The highest BCUT2D eigenvalue weighted by atomic mass is 16.5. The van der Waals surface area contributed by atoms with Crippen LogP contribution < -0.4 is 4.74 Å². The van der Waals surface area contributed by atoms with E-state index in [4.69, 9.17) is 4.74 Å². The van der Waals surface area contributed by atoms with Gasteiger partial charge < -0.3 is 4.74 Å². The molecule has 0 amide bonds. The molecule has 0 heterocycles. The molecule has 0 saturated carbocycles. The molecule has 0 radical (unpaired) electrons. The van der Waals surface area contributed by atoms with Crippen molar-refractivity contribution in [3.8, 4) is 5.75 Å². The van der Waals surface area contributed by atoms with Crippen LogP contribution in [0, 0.1) is 18.8 Å². The maximum absolute atomic E-state index is 12.5. The standard InChI is InChI=1S/C17H17NO3/c1-11-4-7-13(8-5-11)16(18-20)17(19)14-9-6-12(2)15(10-14)21-3/h4-10,16H,1-3H3. The molecule has 2 aromatic carbocycles. The maximum atomic E-state index is 12.5. The largest absolute Gasteiger partial charge is 0.496 e. The summed E-state index contributed by atoms with van der Waals surface area (Å²) in [5.74, 6) is 0.293. The molecule has 0 N–H and O–H groups in total. The van der Waals surface area contributed by atoms with Gasteiger partial charge in [0.15, 0.2) is 11.8 Å². The number of nitrogens with zero attached hydrogens (tertiary/aromatic N) is 1. The summed E-state index contributed by atoms with van der Waals surface area (Å²) in [4.78, 5) is 23.6. The lowest BCUT2D eigenvalue weighted by Crippen LogP contribution is -2.11. The summed E-state index contributed by atoms with van der Waals surface area (Å²) in [6, 6.07) is 11.3. The van der Waals surface area contributed by atoms with E-state index in [1.165, 1.54) is 0 Å². The fourth-order valence-corrected chi connectivity index (χ4v) is 2.14. The van der Waals surface area contributed by atoms with Crippen molar-refractivity contribution >= 4 is 5.78 Å². The Bertz CT molecular complexity index is 662. The summed E-state index contributed by atoms with van der Waals surface area (Å²) >= 11 is 0. The quantitative estimate of drug-likeness (QED) is 0.615. The predicted molar refractivity (Wildman–Crippen MR) is 81.8 cm³/mol. The molecule has 0 aliphatic rings. The minimum absolute atomic E-state index is 0.327. The Hall–Kier alpha value is -2.49. The van der Waals surface area contributed by atoms with Gasteiger partial charge in [-0.05, 0) is 31.0 Å². The van der Waals surface area contributed by atoms with Gasteiger partial charge in [-0.15, -0.1) is 4.91 Å². The average molecular weight is 283 g/mol. The van der Waals surface area contributed by atoms with Crippen molar-refractivity contribution < 1.29 is 9.53 Å². The van der Waals surface area contributed by atoms with Crippen molar-refractivity contribution in [1.29, 1.82) is 0 Å². The number of carbonyl (C=O) groups excluding carboxylic acids is 1. The van der Waals surface area contributed by atoms with E-state index >= 15 is 0 Å². The third-order valence-electron chi connectivity index (χ3n) is 3.44. The first-order valence-electron chi connectivity index (χ1n) is 6.64. The Labute approximate surface area is 123 Å². The zero-order valence-corrected chi connectivity index (χ0v) is 12.3. The zero-order valence-electron chi connectivity index (χ0n) is 12.3. The summed E-state index contributed by atoms with van der Waals surface area (Å²) in [6.45, 7) is 3.84. The normalized spacial score (nSPS) is 11.8. The fourth-order valence-electron chi connectivity index (χ4n) is 2.14. The summed E-state index contributed by atoms with van der Waals surface area (Å²) in [5, 5.41) is 3.00. The first-order valence-corrected chi connectivity index (χ1v) is 6.64. The third kappa shape index (κ3) is 3.16. The van der Waals surface area contributed by atoms with Crippen LogP contribution >= 0.6 is 0 Å². The fraction of sp³-hybridized carbons (Fsp3) is 0.235. The van der Waals surface area contributed by atoms with Crippen molar-refractivity contribution in [2.75, 3.05) is 7.11 Å². The van der Waals surface area contributed by atoms with Crippen LogP contribution in [-0.2, 0) is 0 Å². The number of hydrogen-bond donors (Lipinski definition) is 0. The molecular formula is C17H17NO3. The Kier molecular flexibility index (Phi) is 4.48. The van der Waals surface area contributed by atoms with E-state index in [2.05, 4.69) is 5.18 Å². The average Bonchev–Trinajstić information content (AvgIpc) is 2.50. The number of benzene rings is 2. The van der Waals surface area contributed by atoms with E-state index in [1.807, 2.05) is 26.0 Å². The Morgan fingerprint density at radius 3 is 2.33 bits per heavy atom. The second-order valence-corrected chi connectivity index (χ2v) is 4.97. The molecule has 2 aromatic rings. The first-order chi connectivity index (χ1) is 10.1. The number of ether oxygens (including phenoxy) is 1. The van der Waals surface area contributed by atoms with E-state index < -0.39 is 6.04 Å². The van der Waals surface area contributed by atoms with Crippen LogP contribution in [0.5, 0.6) is 5.75 Å². The van der Waals surface area contributed by atoms with E-state index in [9.17, 15) is 9.70 Å². The molecule has 108 valence electrons. The lowest BCUT2D eigenvalue weighted by molar-refractivity contribution is 0.0961. The number of rotatable bonds is 5. The minimum Gasteiger partial charge on any atom is -0.496 e. The highest BCUT2D eigenvalue weighted by Crippen LogP contribution is 2.26. The molecule has 0 aliphatic carbocycles. The van der Waals surface area contributed by atoms with Crippen LogP contribution in [0.15, 0.2) is 47.6 Å². The minimum atomic E-state index is -1.03. The van der Waals surface area contributed by atoms with Crippen LogP contribution in [0.2, 0.25) is 0 Å². The number of ketones is 1. The van der Waals surface area contributed by atoms with Gasteiger partial charge in [-0.1, -0.05) is 47.1 Å². The molecule has 4 nitrogen and oxygen atoms in total. The van der Waals surface area contributed by atoms with E-state index in [0.717, 1.165) is 11.1 Å². The van der Waals surface area contributed by atoms with Crippen LogP contribution in [0.4, 0.5) is 0 Å². The number of carbonyl (C=O) groups is 1. The zero-order chi connectivity index (χ0) is 15.4. The van der Waals surface area contributed by atoms with Crippen LogP contribution in [-0.4, -0.2) is 12.9 Å². The topological polar surface area (TPSA) is 55.7 Å². The number of Topliss-reactive ketones (excluding diaryl/α,β-unsaturated/α-hetero) is 1. The smallest absolute Gasteiger partial charge is 0.195 e. The van der Waals surface area contributed by atoms with Crippen LogP contribution in [0.25, 0.3) is 0 Å². The molecule has 2 rings (SSSR count). The van der Waals surface area contributed by atoms with Gasteiger partial charge in [0.05, 0.1) is 7.11 Å². The summed E-state index contributed by atoms with van der Waals surface area (Å²) in [7, 11) is 1.55. The van der Waals surface area contributed by atoms with Gasteiger partial charge in [0.2, 0.25) is 0 Å². The van der Waals surface area contributed by atoms with Crippen molar-refractivity contribution in [3.63, 3.8) is 0 Å². The molecule has 4 heteroatoms. The molecule has 0 aliphatic heterocycles. The number of nitroso groups, excluding NO2 is 1. The highest BCUT2D eigenvalue weighted by molar-refractivity contribution is 6.01. The van der Waals surface area contributed by atoms with Gasteiger partial charge >= 0.3 is 0 Å². The second-order valence-electron chi connectivity index (χ2n) is 4.97. The van der Waals surface area contributed by atoms with Crippen molar-refractivity contribution in [1.82, 2.24) is 0 Å². The first kappa shape index (κ1) is 14.9. The lowest BCUT2D eigenvalue weighted by atomic mass is 9.96. The molecule has 0 saturated heterocycles. The molecule has 1 atom stereocenters. The molecule has 0 spiro atoms. The second kappa shape index (κ2) is 6.31. The SMILES string of the molecule is COc1cc(C(=O)C(N=O)c2ccc(C)cc2)ccc1C. The number of hydrogen-bond acceptors (Lipinski definition) is 4. The Morgan fingerprint density at radius 1 is 1.10 bits per heavy atom. The summed E-state index contributed by atoms with van der Waals surface area (Å²) in [6.07, 6.45) is 0. The molecular weight excluding hydrogens is 266 g/mol. The molecule has 0 fully saturated rings. The summed E-state index contributed by atoms with van der Waals surface area (Å²) < 4.78 is 5.21. The van der Waals surface area contributed by atoms with Gasteiger partial charge in [0.1, 0.15) is 5.75 Å².